The van der Waals surface area contributed by atoms with Crippen LogP contribution in [-0.4, -0.2) is 0 Å². The van der Waals surface area contributed by atoms with E-state index in [1.807, 2.05) is 0 Å². The molecule has 0 bridgehead atoms. The Morgan fingerprint density at radius 2 is 1.50 bits per heavy atom. The van der Waals surface area contributed by atoms with Gasteiger partial charge in [0.05, 0.1) is 0 Å². The topological polar surface area (TPSA) is 0 Å². The summed E-state index contributed by atoms with van der Waals surface area (Å²) in [5.74, 6) is -0.178. The number of hydrogen-bond donors (Lipinski definition) is 0. The normalized spacial score (nSPS) is 6.90. The van der Waals surface area contributed by atoms with Crippen LogP contribution >= 0.6 is 0 Å². The Hall–Kier alpha value is -1.33. The molecule has 0 amide bonds. The summed E-state index contributed by atoms with van der Waals surface area (Å²) in [5, 5.41) is 0. The van der Waals surface area contributed by atoms with Crippen molar-refractivity contribution in [1.82, 2.24) is 0 Å². The van der Waals surface area contributed by atoms with E-state index in [4.69, 9.17) is 0 Å². The van der Waals surface area contributed by atoms with Crippen LogP contribution in [0.1, 0.15) is 0 Å². The lowest BCUT2D eigenvalue weighted by Gasteiger charge is -1.78. The van der Waals surface area contributed by atoms with Gasteiger partial charge in [-0.2, -0.15) is 0 Å². The van der Waals surface area contributed by atoms with Gasteiger partial charge in [-0.15, -0.1) is 5.73 Å². The Balaban J connectivity index is 0.000000236. The first kappa shape index (κ1) is 8.67. The highest BCUT2D eigenvalue weighted by atomic mass is 19.1. The van der Waals surface area contributed by atoms with Gasteiger partial charge in [0.15, 0.2) is 0 Å². The smallest absolute Gasteiger partial charge is 0.123 e. The van der Waals surface area contributed by atoms with E-state index in [1.54, 1.807) is 18.2 Å². The van der Waals surface area contributed by atoms with E-state index in [0.29, 0.717) is 0 Å². The Kier molecular flexibility index (Phi) is 5.03. The van der Waals surface area contributed by atoms with Crippen molar-refractivity contribution in [3.63, 3.8) is 0 Å². The van der Waals surface area contributed by atoms with Crippen LogP contribution in [0.4, 0.5) is 4.39 Å². The van der Waals surface area contributed by atoms with Crippen LogP contribution < -0.4 is 0 Å². The molecule has 1 rings (SSSR count). The van der Waals surface area contributed by atoms with Gasteiger partial charge in [-0.3, -0.25) is 0 Å². The molecule has 0 aliphatic heterocycles. The molecule has 0 atom stereocenters. The van der Waals surface area contributed by atoms with E-state index in [2.05, 4.69) is 18.9 Å². The molecular formula is C9H9F. The highest BCUT2D eigenvalue weighted by Gasteiger charge is 1.77. The molecule has 1 aromatic carbocycles. The summed E-state index contributed by atoms with van der Waals surface area (Å²) in [7, 11) is 0. The lowest BCUT2D eigenvalue weighted by Crippen LogP contribution is -1.63. The molecule has 0 unspecified atom stereocenters. The predicted molar refractivity (Wildman–Crippen MR) is 41.2 cm³/mol. The second kappa shape index (κ2) is 5.80. The average Bonchev–Trinajstić information content (AvgIpc) is 1.91. The fourth-order valence-electron chi connectivity index (χ4n) is 0.415. The van der Waals surface area contributed by atoms with Gasteiger partial charge in [-0.05, 0) is 12.1 Å². The fraction of sp³-hybridized carbons (Fsp3) is 0. The third kappa shape index (κ3) is 4.82. The molecule has 0 heterocycles. The van der Waals surface area contributed by atoms with Crippen molar-refractivity contribution in [1.29, 1.82) is 0 Å². The standard InChI is InChI=1S/C6H5F.C3H4/c7-6-4-2-1-3-5-6;1-3-2/h1-5H;1-2H2. The molecule has 0 aromatic heterocycles. The van der Waals surface area contributed by atoms with E-state index in [9.17, 15) is 4.39 Å². The van der Waals surface area contributed by atoms with Crippen molar-refractivity contribution in [3.8, 4) is 0 Å². The van der Waals surface area contributed by atoms with Gasteiger partial charge in [-0.25, -0.2) is 4.39 Å². The summed E-state index contributed by atoms with van der Waals surface area (Å²) in [4.78, 5) is 0. The summed E-state index contributed by atoms with van der Waals surface area (Å²) in [5.41, 5.74) is 2.25. The first-order valence-electron chi connectivity index (χ1n) is 2.81. The molecule has 0 aliphatic carbocycles. The minimum Gasteiger partial charge on any atom is -0.207 e. The van der Waals surface area contributed by atoms with Gasteiger partial charge in [-0.1, -0.05) is 31.4 Å². The van der Waals surface area contributed by atoms with Crippen molar-refractivity contribution in [3.05, 3.63) is 55.0 Å². The highest BCUT2D eigenvalue weighted by molar-refractivity contribution is 5.02. The van der Waals surface area contributed by atoms with Crippen LogP contribution in [0.25, 0.3) is 0 Å². The summed E-state index contributed by atoms with van der Waals surface area (Å²) < 4.78 is 11.9. The van der Waals surface area contributed by atoms with Crippen LogP contribution in [0.2, 0.25) is 0 Å². The van der Waals surface area contributed by atoms with Gasteiger partial charge < -0.3 is 0 Å². The molecular weight excluding hydrogens is 127 g/mol. The van der Waals surface area contributed by atoms with E-state index < -0.39 is 0 Å². The summed E-state index contributed by atoms with van der Waals surface area (Å²) in [6.45, 7) is 6.25. The molecule has 10 heavy (non-hydrogen) atoms. The molecule has 0 fully saturated rings. The molecule has 0 N–H and O–H groups in total. The maximum Gasteiger partial charge on any atom is 0.123 e. The Morgan fingerprint density at radius 3 is 1.70 bits per heavy atom. The third-order valence-electron chi connectivity index (χ3n) is 0.733. The SMILES string of the molecule is C=C=C.Fc1ccccc1. The lowest BCUT2D eigenvalue weighted by atomic mass is 10.4. The number of hydrogen-bond acceptors (Lipinski definition) is 0. The molecule has 0 aliphatic rings. The fourth-order valence-corrected chi connectivity index (χ4v) is 0.415. The van der Waals surface area contributed by atoms with Gasteiger partial charge in [0.2, 0.25) is 0 Å². The molecule has 1 heteroatoms. The van der Waals surface area contributed by atoms with Crippen LogP contribution in [0.3, 0.4) is 0 Å². The zero-order chi connectivity index (χ0) is 7.82. The molecule has 1 aromatic rings. The second-order valence-electron chi connectivity index (χ2n) is 1.55. The van der Waals surface area contributed by atoms with Gasteiger partial charge in [0.25, 0.3) is 0 Å². The van der Waals surface area contributed by atoms with Crippen molar-refractivity contribution in [2.24, 2.45) is 0 Å². The molecule has 0 spiro atoms. The first-order valence-corrected chi connectivity index (χ1v) is 2.81. The van der Waals surface area contributed by atoms with Crippen LogP contribution in [0, 0.1) is 5.82 Å². The Bertz CT molecular complexity index is 195. The lowest BCUT2D eigenvalue weighted by molar-refractivity contribution is 0.628. The van der Waals surface area contributed by atoms with Crippen molar-refractivity contribution >= 4 is 0 Å². The maximum atomic E-state index is 11.9. The predicted octanol–water partition coefficient (Wildman–Crippen LogP) is 2.78. The van der Waals surface area contributed by atoms with E-state index in [0.717, 1.165) is 0 Å². The van der Waals surface area contributed by atoms with Crippen LogP contribution in [0.5, 0.6) is 0 Å². The molecule has 0 radical (unpaired) electrons. The van der Waals surface area contributed by atoms with Crippen molar-refractivity contribution < 1.29 is 4.39 Å². The molecule has 0 nitrogen and oxygen atoms in total. The summed E-state index contributed by atoms with van der Waals surface area (Å²) in [6.07, 6.45) is 0. The zero-order valence-corrected chi connectivity index (χ0v) is 5.68. The number of rotatable bonds is 0. The molecule has 0 saturated heterocycles. The highest BCUT2D eigenvalue weighted by Crippen LogP contribution is 1.91. The van der Waals surface area contributed by atoms with Gasteiger partial charge in [0.1, 0.15) is 5.82 Å². The molecule has 0 saturated carbocycles. The largest absolute Gasteiger partial charge is 0.207 e. The number of benzene rings is 1. The third-order valence-corrected chi connectivity index (χ3v) is 0.733. The second-order valence-corrected chi connectivity index (χ2v) is 1.55. The number of halogens is 1. The zero-order valence-electron chi connectivity index (χ0n) is 5.68. The minimum absolute atomic E-state index is 0.178. The van der Waals surface area contributed by atoms with Crippen LogP contribution in [-0.2, 0) is 0 Å². The van der Waals surface area contributed by atoms with Gasteiger partial charge in [0, 0.05) is 0 Å². The summed E-state index contributed by atoms with van der Waals surface area (Å²) in [6, 6.07) is 7.94. The van der Waals surface area contributed by atoms with E-state index in [-0.39, 0.29) is 5.82 Å². The van der Waals surface area contributed by atoms with Crippen LogP contribution in [0.15, 0.2) is 49.2 Å². The quantitative estimate of drug-likeness (QED) is 0.481. The minimum atomic E-state index is -0.178. The molecule has 52 valence electrons. The monoisotopic (exact) mass is 136 g/mol. The van der Waals surface area contributed by atoms with E-state index in [1.165, 1.54) is 12.1 Å². The Morgan fingerprint density at radius 1 is 1.10 bits per heavy atom. The van der Waals surface area contributed by atoms with Gasteiger partial charge >= 0.3 is 0 Å². The van der Waals surface area contributed by atoms with Crippen molar-refractivity contribution in [2.45, 2.75) is 0 Å². The van der Waals surface area contributed by atoms with E-state index >= 15 is 0 Å². The van der Waals surface area contributed by atoms with Crippen molar-refractivity contribution in [2.75, 3.05) is 0 Å². The Labute approximate surface area is 60.3 Å². The summed E-state index contributed by atoms with van der Waals surface area (Å²) >= 11 is 0. The maximum absolute atomic E-state index is 11.9. The first-order chi connectivity index (χ1) is 4.81. The average molecular weight is 136 g/mol.